The van der Waals surface area contributed by atoms with Crippen molar-refractivity contribution in [2.45, 2.75) is 33.2 Å². The van der Waals surface area contributed by atoms with Gasteiger partial charge in [-0.3, -0.25) is 4.79 Å². The van der Waals surface area contributed by atoms with E-state index in [4.69, 9.17) is 10.5 Å². The van der Waals surface area contributed by atoms with Crippen LogP contribution in [0.3, 0.4) is 0 Å². The molecule has 0 spiro atoms. The molecule has 1 aromatic carbocycles. The van der Waals surface area contributed by atoms with Gasteiger partial charge in [-0.05, 0) is 29.5 Å². The van der Waals surface area contributed by atoms with E-state index in [1.54, 1.807) is 0 Å². The number of benzene rings is 1. The number of methoxy groups -OCH3 is 1. The van der Waals surface area contributed by atoms with Gasteiger partial charge < -0.3 is 15.2 Å². The van der Waals surface area contributed by atoms with Gasteiger partial charge in [0, 0.05) is 0 Å². The van der Waals surface area contributed by atoms with Gasteiger partial charge in [-0.25, -0.2) is 0 Å². The Morgan fingerprint density at radius 2 is 1.84 bits per heavy atom. The number of ether oxygens (including phenoxy) is 2. The molecule has 0 saturated heterocycles. The van der Waals surface area contributed by atoms with Crippen molar-refractivity contribution in [3.05, 3.63) is 29.8 Å². The van der Waals surface area contributed by atoms with Crippen LogP contribution in [0.4, 0.5) is 0 Å². The summed E-state index contributed by atoms with van der Waals surface area (Å²) in [5.74, 6) is 0.429. The van der Waals surface area contributed by atoms with Crippen LogP contribution in [-0.2, 0) is 16.0 Å². The van der Waals surface area contributed by atoms with Crippen LogP contribution in [0.25, 0.3) is 0 Å². The maximum absolute atomic E-state index is 11.2. The van der Waals surface area contributed by atoms with E-state index in [1.807, 2.05) is 24.3 Å². The lowest BCUT2D eigenvalue weighted by Gasteiger charge is -2.19. The number of hydrogen-bond acceptors (Lipinski definition) is 4. The summed E-state index contributed by atoms with van der Waals surface area (Å²) in [4.78, 5) is 11.2. The summed E-state index contributed by atoms with van der Waals surface area (Å²) in [6.07, 6.45) is 0.465. The first-order valence-electron chi connectivity index (χ1n) is 6.37. The zero-order chi connectivity index (χ0) is 14.5. The summed E-state index contributed by atoms with van der Waals surface area (Å²) in [6.45, 7) is 7.03. The summed E-state index contributed by atoms with van der Waals surface area (Å²) in [7, 11) is 1.34. The van der Waals surface area contributed by atoms with Gasteiger partial charge in [0.25, 0.3) is 0 Å². The Labute approximate surface area is 114 Å². The van der Waals surface area contributed by atoms with Crippen LogP contribution in [0.1, 0.15) is 26.3 Å². The third-order valence-corrected chi connectivity index (χ3v) is 2.55. The summed E-state index contributed by atoms with van der Waals surface area (Å²) >= 11 is 0. The highest BCUT2D eigenvalue weighted by Crippen LogP contribution is 2.18. The third-order valence-electron chi connectivity index (χ3n) is 2.55. The molecule has 4 nitrogen and oxygen atoms in total. The highest BCUT2D eigenvalue weighted by molar-refractivity contribution is 5.75. The predicted octanol–water partition coefficient (Wildman–Crippen LogP) is 2.15. The first kappa shape index (κ1) is 15.5. The molecule has 1 aromatic rings. The zero-order valence-electron chi connectivity index (χ0n) is 12.1. The maximum atomic E-state index is 11.2. The fourth-order valence-corrected chi connectivity index (χ4v) is 1.51. The van der Waals surface area contributed by atoms with Gasteiger partial charge in [0.2, 0.25) is 0 Å². The lowest BCUT2D eigenvalue weighted by Crippen LogP contribution is -2.33. The molecule has 0 aliphatic carbocycles. The molecule has 0 aliphatic rings. The number of hydrogen-bond donors (Lipinski definition) is 1. The Morgan fingerprint density at radius 1 is 1.26 bits per heavy atom. The Kier molecular flexibility index (Phi) is 5.36. The van der Waals surface area contributed by atoms with E-state index in [9.17, 15) is 4.79 Å². The molecule has 0 bridgehead atoms. The van der Waals surface area contributed by atoms with Crippen molar-refractivity contribution in [2.75, 3.05) is 13.7 Å². The van der Waals surface area contributed by atoms with E-state index < -0.39 is 12.0 Å². The Balaban J connectivity index is 2.54. The van der Waals surface area contributed by atoms with Crippen molar-refractivity contribution >= 4 is 5.97 Å². The van der Waals surface area contributed by atoms with Crippen LogP contribution in [0.5, 0.6) is 5.75 Å². The average Bonchev–Trinajstić information content (AvgIpc) is 2.36. The fraction of sp³-hybridized carbons (Fsp3) is 0.533. The number of esters is 1. The van der Waals surface area contributed by atoms with Gasteiger partial charge in [-0.1, -0.05) is 32.9 Å². The molecule has 19 heavy (non-hydrogen) atoms. The molecular weight excluding hydrogens is 242 g/mol. The van der Waals surface area contributed by atoms with E-state index >= 15 is 0 Å². The number of nitrogens with two attached hydrogens (primary N) is 1. The molecule has 1 atom stereocenters. The molecule has 106 valence electrons. The molecule has 0 fully saturated rings. The third kappa shape index (κ3) is 5.75. The quantitative estimate of drug-likeness (QED) is 0.829. The van der Waals surface area contributed by atoms with Gasteiger partial charge in [-0.2, -0.15) is 0 Å². The number of carbonyl (C=O) groups excluding carboxylic acids is 1. The average molecular weight is 265 g/mol. The summed E-state index contributed by atoms with van der Waals surface area (Å²) in [5, 5.41) is 0. The van der Waals surface area contributed by atoms with E-state index in [1.165, 1.54) is 7.11 Å². The van der Waals surface area contributed by atoms with Gasteiger partial charge in [0.05, 0.1) is 13.7 Å². The Bertz CT molecular complexity index is 406. The van der Waals surface area contributed by atoms with Crippen LogP contribution in [0, 0.1) is 5.41 Å². The topological polar surface area (TPSA) is 61.5 Å². The minimum atomic E-state index is -0.619. The van der Waals surface area contributed by atoms with Crippen LogP contribution < -0.4 is 10.5 Å². The van der Waals surface area contributed by atoms with Crippen LogP contribution in [-0.4, -0.2) is 25.7 Å². The highest BCUT2D eigenvalue weighted by Gasteiger charge is 2.14. The van der Waals surface area contributed by atoms with E-state index in [2.05, 4.69) is 25.5 Å². The molecule has 0 amide bonds. The van der Waals surface area contributed by atoms with Crippen LogP contribution >= 0.6 is 0 Å². The molecule has 0 saturated carbocycles. The second-order valence-corrected chi connectivity index (χ2v) is 5.83. The van der Waals surface area contributed by atoms with E-state index in [-0.39, 0.29) is 5.41 Å². The fourth-order valence-electron chi connectivity index (χ4n) is 1.51. The monoisotopic (exact) mass is 265 g/mol. The van der Waals surface area contributed by atoms with E-state index in [0.717, 1.165) is 11.3 Å². The van der Waals surface area contributed by atoms with Crippen molar-refractivity contribution in [2.24, 2.45) is 11.1 Å². The first-order valence-corrected chi connectivity index (χ1v) is 6.37. The Morgan fingerprint density at radius 3 is 2.32 bits per heavy atom. The maximum Gasteiger partial charge on any atom is 0.322 e. The molecule has 2 N–H and O–H groups in total. The molecule has 0 radical (unpaired) electrons. The minimum Gasteiger partial charge on any atom is -0.493 e. The summed E-state index contributed by atoms with van der Waals surface area (Å²) in [5.41, 5.74) is 6.83. The summed E-state index contributed by atoms with van der Waals surface area (Å²) < 4.78 is 10.3. The van der Waals surface area contributed by atoms with Crippen LogP contribution in [0.2, 0.25) is 0 Å². The van der Waals surface area contributed by atoms with Gasteiger partial charge >= 0.3 is 5.97 Å². The smallest absolute Gasteiger partial charge is 0.322 e. The molecule has 0 aliphatic heterocycles. The van der Waals surface area contributed by atoms with Crippen molar-refractivity contribution in [3.8, 4) is 5.75 Å². The van der Waals surface area contributed by atoms with Crippen LogP contribution in [0.15, 0.2) is 24.3 Å². The molecule has 0 heterocycles. The standard InChI is InChI=1S/C15H23NO3/c1-15(2,3)10-19-12-7-5-11(6-8-12)9-13(16)14(17)18-4/h5-8,13H,9-10,16H2,1-4H3. The minimum absolute atomic E-state index is 0.131. The molecule has 4 heteroatoms. The molecule has 0 aromatic heterocycles. The Hall–Kier alpha value is -1.55. The predicted molar refractivity (Wildman–Crippen MR) is 75.1 cm³/mol. The first-order chi connectivity index (χ1) is 8.81. The number of carbonyl (C=O) groups is 1. The van der Waals surface area contributed by atoms with Crippen molar-refractivity contribution in [3.63, 3.8) is 0 Å². The number of rotatable bonds is 5. The highest BCUT2D eigenvalue weighted by atomic mass is 16.5. The molecular formula is C15H23NO3. The molecule has 1 unspecified atom stereocenters. The van der Waals surface area contributed by atoms with E-state index in [0.29, 0.717) is 13.0 Å². The SMILES string of the molecule is COC(=O)C(N)Cc1ccc(OCC(C)(C)C)cc1. The van der Waals surface area contributed by atoms with Crippen molar-refractivity contribution in [1.29, 1.82) is 0 Å². The molecule has 1 rings (SSSR count). The van der Waals surface area contributed by atoms with Gasteiger partial charge in [-0.15, -0.1) is 0 Å². The largest absolute Gasteiger partial charge is 0.493 e. The zero-order valence-corrected chi connectivity index (χ0v) is 12.1. The lowest BCUT2D eigenvalue weighted by atomic mass is 9.99. The van der Waals surface area contributed by atoms with Crippen molar-refractivity contribution in [1.82, 2.24) is 0 Å². The van der Waals surface area contributed by atoms with Gasteiger partial charge in [0.1, 0.15) is 11.8 Å². The van der Waals surface area contributed by atoms with Crippen molar-refractivity contribution < 1.29 is 14.3 Å². The van der Waals surface area contributed by atoms with Gasteiger partial charge in [0.15, 0.2) is 0 Å². The normalized spacial score (nSPS) is 12.9. The second-order valence-electron chi connectivity index (χ2n) is 5.83. The second kappa shape index (κ2) is 6.57. The lowest BCUT2D eigenvalue weighted by molar-refractivity contribution is -0.142. The summed E-state index contributed by atoms with van der Waals surface area (Å²) in [6, 6.07) is 7.00.